The summed E-state index contributed by atoms with van der Waals surface area (Å²) in [6, 6.07) is 9.63. The van der Waals surface area contributed by atoms with Gasteiger partial charge in [-0.2, -0.15) is 0 Å². The molecule has 4 rings (SSSR count). The molecular weight excluding hydrogens is 300 g/mol. The van der Waals surface area contributed by atoms with E-state index < -0.39 is 5.41 Å². The molecule has 0 unspecified atom stereocenters. The third-order valence-electron chi connectivity index (χ3n) is 7.02. The summed E-state index contributed by atoms with van der Waals surface area (Å²) in [5.41, 5.74) is 0.167. The van der Waals surface area contributed by atoms with Crippen molar-refractivity contribution in [3.05, 3.63) is 36.5 Å². The summed E-state index contributed by atoms with van der Waals surface area (Å²) in [4.78, 5) is 30.2. The van der Waals surface area contributed by atoms with Gasteiger partial charge in [-0.25, -0.2) is 0 Å². The van der Waals surface area contributed by atoms with Crippen LogP contribution in [-0.4, -0.2) is 16.7 Å². The molecule has 2 fully saturated rings. The number of rotatable bonds is 2. The lowest BCUT2D eigenvalue weighted by Crippen LogP contribution is -2.43. The molecule has 1 aromatic heterocycles. The number of anilines is 1. The second-order valence-corrected chi connectivity index (χ2v) is 7.97. The van der Waals surface area contributed by atoms with Crippen LogP contribution < -0.4 is 5.32 Å². The zero-order valence-corrected chi connectivity index (χ0v) is 14.3. The molecule has 4 heteroatoms. The number of benzene rings is 1. The van der Waals surface area contributed by atoms with Gasteiger partial charge in [-0.05, 0) is 30.4 Å². The first-order valence-corrected chi connectivity index (χ1v) is 8.50. The van der Waals surface area contributed by atoms with Crippen LogP contribution in [0.1, 0.15) is 40.0 Å². The number of carbonyl (C=O) groups excluding carboxylic acids is 2. The van der Waals surface area contributed by atoms with Gasteiger partial charge in [-0.3, -0.25) is 14.6 Å². The Kier molecular flexibility index (Phi) is 2.97. The highest BCUT2D eigenvalue weighted by atomic mass is 16.2. The largest absolute Gasteiger partial charge is 0.324 e. The lowest BCUT2D eigenvalue weighted by molar-refractivity contribution is -0.131. The molecule has 2 bridgehead atoms. The number of ketones is 1. The van der Waals surface area contributed by atoms with Gasteiger partial charge in [0.2, 0.25) is 5.91 Å². The van der Waals surface area contributed by atoms with Crippen molar-refractivity contribution < 1.29 is 9.59 Å². The molecule has 4 nitrogen and oxygen atoms in total. The van der Waals surface area contributed by atoms with E-state index in [0.29, 0.717) is 6.42 Å². The number of amides is 1. The van der Waals surface area contributed by atoms with E-state index in [4.69, 9.17) is 0 Å². The predicted molar refractivity (Wildman–Crippen MR) is 93.6 cm³/mol. The number of hydrogen-bond acceptors (Lipinski definition) is 3. The standard InChI is InChI=1S/C20H22N2O2/c1-18(2)19(3)9-10-20(18,12-15(19)23)17(24)22-14-8-4-6-13-7-5-11-21-16(13)14/h4-8,11H,9-10,12H2,1-3H3,(H,22,24)/t19-,20+/m0/s1. The fourth-order valence-corrected chi connectivity index (χ4v) is 4.81. The van der Waals surface area contributed by atoms with Crippen LogP contribution in [0.25, 0.3) is 10.9 Å². The molecular formula is C20H22N2O2. The summed E-state index contributed by atoms with van der Waals surface area (Å²) < 4.78 is 0. The summed E-state index contributed by atoms with van der Waals surface area (Å²) in [6.07, 6.45) is 3.64. The van der Waals surface area contributed by atoms with Crippen LogP contribution in [0.5, 0.6) is 0 Å². The SMILES string of the molecule is CC1(C)[C@]2(C(=O)Nc3cccc4cccnc34)CC[C@@]1(C)C(=O)C2. The van der Waals surface area contributed by atoms with Gasteiger partial charge in [0, 0.05) is 23.4 Å². The number of pyridine rings is 1. The third kappa shape index (κ3) is 1.66. The zero-order valence-electron chi connectivity index (χ0n) is 14.3. The van der Waals surface area contributed by atoms with Gasteiger partial charge in [0.1, 0.15) is 5.78 Å². The van der Waals surface area contributed by atoms with E-state index in [1.807, 2.05) is 37.3 Å². The number of fused-ring (bicyclic) bond motifs is 3. The number of nitrogens with zero attached hydrogens (tertiary/aromatic N) is 1. The second-order valence-electron chi connectivity index (χ2n) is 7.97. The Balaban J connectivity index is 1.74. The molecule has 124 valence electrons. The molecule has 1 heterocycles. The average molecular weight is 322 g/mol. The maximum Gasteiger partial charge on any atom is 0.231 e. The molecule has 1 aromatic carbocycles. The molecule has 2 aliphatic carbocycles. The molecule has 2 saturated carbocycles. The molecule has 0 spiro atoms. The van der Waals surface area contributed by atoms with Gasteiger partial charge in [0.15, 0.2) is 0 Å². The molecule has 0 saturated heterocycles. The number of aromatic nitrogens is 1. The van der Waals surface area contributed by atoms with E-state index in [2.05, 4.69) is 24.1 Å². The van der Waals surface area contributed by atoms with Crippen LogP contribution in [0.15, 0.2) is 36.5 Å². The van der Waals surface area contributed by atoms with Gasteiger partial charge in [-0.15, -0.1) is 0 Å². The lowest BCUT2D eigenvalue weighted by atomic mass is 9.64. The van der Waals surface area contributed by atoms with Gasteiger partial charge < -0.3 is 5.32 Å². The van der Waals surface area contributed by atoms with Crippen molar-refractivity contribution in [2.75, 3.05) is 5.32 Å². The van der Waals surface area contributed by atoms with Crippen LogP contribution in [-0.2, 0) is 9.59 Å². The molecule has 2 aromatic rings. The molecule has 0 radical (unpaired) electrons. The second kappa shape index (κ2) is 4.65. The first kappa shape index (κ1) is 15.3. The summed E-state index contributed by atoms with van der Waals surface area (Å²) in [5, 5.41) is 4.08. The fourth-order valence-electron chi connectivity index (χ4n) is 4.81. The minimum Gasteiger partial charge on any atom is -0.324 e. The number of hydrogen-bond donors (Lipinski definition) is 1. The number of Topliss-reactive ketones (excluding diaryl/α,β-unsaturated/α-hetero) is 1. The van der Waals surface area contributed by atoms with E-state index in [0.717, 1.165) is 29.4 Å². The smallest absolute Gasteiger partial charge is 0.231 e. The lowest BCUT2D eigenvalue weighted by Gasteiger charge is -2.38. The van der Waals surface area contributed by atoms with Crippen LogP contribution >= 0.6 is 0 Å². The summed E-state index contributed by atoms with van der Waals surface area (Å²) in [7, 11) is 0. The fraction of sp³-hybridized carbons (Fsp3) is 0.450. The summed E-state index contributed by atoms with van der Waals surface area (Å²) in [6.45, 7) is 6.18. The number of para-hydroxylation sites is 1. The molecule has 24 heavy (non-hydrogen) atoms. The normalized spacial score (nSPS) is 30.7. The monoisotopic (exact) mass is 322 g/mol. The molecule has 1 amide bonds. The Morgan fingerprint density at radius 1 is 1.12 bits per heavy atom. The van der Waals surface area contributed by atoms with E-state index in [1.165, 1.54) is 0 Å². The van der Waals surface area contributed by atoms with E-state index in [-0.39, 0.29) is 22.5 Å². The van der Waals surface area contributed by atoms with Crippen molar-refractivity contribution in [2.45, 2.75) is 40.0 Å². The van der Waals surface area contributed by atoms with E-state index in [1.54, 1.807) is 6.20 Å². The highest BCUT2D eigenvalue weighted by molar-refractivity contribution is 6.07. The molecule has 2 atom stereocenters. The Hall–Kier alpha value is -2.23. The maximum absolute atomic E-state index is 13.3. The Morgan fingerprint density at radius 2 is 1.88 bits per heavy atom. The van der Waals surface area contributed by atoms with Crippen molar-refractivity contribution in [3.63, 3.8) is 0 Å². The summed E-state index contributed by atoms with van der Waals surface area (Å²) in [5.74, 6) is 0.185. The Labute approximate surface area is 141 Å². The van der Waals surface area contributed by atoms with E-state index in [9.17, 15) is 9.59 Å². The topological polar surface area (TPSA) is 59.1 Å². The van der Waals surface area contributed by atoms with Crippen LogP contribution in [0.3, 0.4) is 0 Å². The molecule has 0 aliphatic heterocycles. The minimum absolute atomic E-state index is 0.0415. The van der Waals surface area contributed by atoms with Crippen LogP contribution in [0.2, 0.25) is 0 Å². The van der Waals surface area contributed by atoms with Crippen LogP contribution in [0.4, 0.5) is 5.69 Å². The Bertz CT molecular complexity index is 868. The molecule has 2 aliphatic rings. The van der Waals surface area contributed by atoms with Crippen molar-refractivity contribution in [2.24, 2.45) is 16.2 Å². The van der Waals surface area contributed by atoms with Gasteiger partial charge in [0.05, 0.1) is 16.6 Å². The van der Waals surface area contributed by atoms with Gasteiger partial charge in [-0.1, -0.05) is 39.0 Å². The van der Waals surface area contributed by atoms with E-state index >= 15 is 0 Å². The maximum atomic E-state index is 13.3. The molecule has 1 N–H and O–H groups in total. The number of nitrogens with one attached hydrogen (secondary N) is 1. The first-order valence-electron chi connectivity index (χ1n) is 8.50. The predicted octanol–water partition coefficient (Wildman–Crippen LogP) is 3.96. The van der Waals surface area contributed by atoms with Crippen molar-refractivity contribution in [1.82, 2.24) is 4.98 Å². The van der Waals surface area contributed by atoms with Gasteiger partial charge in [0.25, 0.3) is 0 Å². The van der Waals surface area contributed by atoms with Crippen molar-refractivity contribution in [1.29, 1.82) is 0 Å². The van der Waals surface area contributed by atoms with Gasteiger partial charge >= 0.3 is 0 Å². The summed E-state index contributed by atoms with van der Waals surface area (Å²) >= 11 is 0. The zero-order chi connectivity index (χ0) is 17.2. The first-order chi connectivity index (χ1) is 11.3. The Morgan fingerprint density at radius 3 is 2.54 bits per heavy atom. The van der Waals surface area contributed by atoms with Crippen molar-refractivity contribution >= 4 is 28.3 Å². The third-order valence-corrected chi connectivity index (χ3v) is 7.02. The van der Waals surface area contributed by atoms with Crippen LogP contribution in [0, 0.1) is 16.2 Å². The number of carbonyl (C=O) groups is 2. The highest BCUT2D eigenvalue weighted by Gasteiger charge is 2.72. The average Bonchev–Trinajstić information content (AvgIpc) is 2.85. The minimum atomic E-state index is -0.615. The van der Waals surface area contributed by atoms with Crippen molar-refractivity contribution in [3.8, 4) is 0 Å². The highest BCUT2D eigenvalue weighted by Crippen LogP contribution is 2.70. The quantitative estimate of drug-likeness (QED) is 0.910.